The molecule has 0 atom stereocenters. The molecular formula is C74H75Ir2N6O2-3. The van der Waals surface area contributed by atoms with Gasteiger partial charge in [-0.25, -0.2) is 4.98 Å². The van der Waals surface area contributed by atoms with Gasteiger partial charge in [-0.1, -0.05) is 171 Å². The second-order valence-electron chi connectivity index (χ2n) is 20.3. The molecule has 8 aromatic carbocycles. The number of nitrogens with zero attached hydrogens (tertiary/aromatic N) is 6. The van der Waals surface area contributed by atoms with Gasteiger partial charge in [0, 0.05) is 78.1 Å². The number of aliphatic hydroxyl groups excluding tert-OH is 2. The predicted molar refractivity (Wildman–Crippen MR) is 342 cm³/mol. The molecule has 12 rings (SSSR count). The fraction of sp³-hybridized carbons (Fsp3) is 0.189. The first-order valence-corrected chi connectivity index (χ1v) is 28.0. The van der Waals surface area contributed by atoms with Crippen molar-refractivity contribution in [3.05, 3.63) is 277 Å². The van der Waals surface area contributed by atoms with Gasteiger partial charge in [0.15, 0.2) is 0 Å². The minimum atomic E-state index is 0. The molecule has 10 heteroatoms. The summed E-state index contributed by atoms with van der Waals surface area (Å²) in [5.74, 6) is 3.67. The summed E-state index contributed by atoms with van der Waals surface area (Å²) in [6.45, 7) is 18.1. The van der Waals surface area contributed by atoms with Crippen LogP contribution in [0.4, 0.5) is 0 Å². The summed E-state index contributed by atoms with van der Waals surface area (Å²) in [4.78, 5) is 18.5. The van der Waals surface area contributed by atoms with E-state index in [4.69, 9.17) is 20.2 Å². The van der Waals surface area contributed by atoms with Gasteiger partial charge in [0.2, 0.25) is 0 Å². The van der Waals surface area contributed by atoms with E-state index in [2.05, 4.69) is 214 Å². The molecule has 0 saturated carbocycles. The van der Waals surface area contributed by atoms with Crippen molar-refractivity contribution in [2.45, 2.75) is 79.1 Å². The van der Waals surface area contributed by atoms with E-state index in [1.54, 1.807) is 12.4 Å². The van der Waals surface area contributed by atoms with Crippen molar-refractivity contribution < 1.29 is 50.4 Å². The molecule has 4 heterocycles. The molecule has 2 radical (unpaired) electrons. The zero-order valence-electron chi connectivity index (χ0n) is 49.6. The van der Waals surface area contributed by atoms with Gasteiger partial charge in [-0.3, -0.25) is 9.55 Å². The third-order valence-corrected chi connectivity index (χ3v) is 13.5. The molecule has 434 valence electrons. The predicted octanol–water partition coefficient (Wildman–Crippen LogP) is 18.0. The topological polar surface area (TPSA) is 102 Å². The summed E-state index contributed by atoms with van der Waals surface area (Å²) in [7, 11) is 2.00. The molecule has 0 amide bonds. The molecule has 0 unspecified atom stereocenters. The molecule has 0 spiro atoms. The van der Waals surface area contributed by atoms with E-state index in [-0.39, 0.29) is 40.2 Å². The van der Waals surface area contributed by atoms with Crippen LogP contribution in [0.25, 0.3) is 78.7 Å². The number of aromatic nitrogens is 6. The van der Waals surface area contributed by atoms with Crippen LogP contribution in [0.2, 0.25) is 0 Å². The number of pyridine rings is 2. The van der Waals surface area contributed by atoms with Crippen LogP contribution >= 0.6 is 0 Å². The van der Waals surface area contributed by atoms with Crippen molar-refractivity contribution in [2.24, 2.45) is 0 Å². The average Bonchev–Trinajstić information content (AvgIpc) is 3.43. The average molecular weight is 1460 g/mol. The van der Waals surface area contributed by atoms with Crippen molar-refractivity contribution in [3.8, 4) is 56.7 Å². The Hall–Kier alpha value is -7.78. The number of aliphatic hydroxyl groups is 2. The maximum Gasteiger partial charge on any atom is 0.145 e. The van der Waals surface area contributed by atoms with Crippen molar-refractivity contribution in [1.29, 1.82) is 0 Å². The van der Waals surface area contributed by atoms with Crippen LogP contribution in [0, 0.1) is 18.2 Å². The van der Waals surface area contributed by atoms with Crippen molar-refractivity contribution >= 4 is 22.1 Å². The second-order valence-corrected chi connectivity index (χ2v) is 20.3. The first-order valence-electron chi connectivity index (χ1n) is 28.0. The molecule has 2 N–H and O–H groups in total. The Morgan fingerprint density at radius 2 is 0.667 bits per heavy atom. The van der Waals surface area contributed by atoms with Gasteiger partial charge in [0.1, 0.15) is 5.82 Å². The third-order valence-electron chi connectivity index (χ3n) is 13.5. The number of hydrogen-bond acceptors (Lipinski definition) is 6. The summed E-state index contributed by atoms with van der Waals surface area (Å²) in [6.07, 6.45) is 3.58. The van der Waals surface area contributed by atoms with Gasteiger partial charge in [-0.2, -0.15) is 0 Å². The fourth-order valence-electron chi connectivity index (χ4n) is 9.69. The first-order chi connectivity index (χ1) is 40.1. The molecule has 0 aliphatic heterocycles. The number of benzene rings is 8. The molecule has 0 aliphatic carbocycles. The summed E-state index contributed by atoms with van der Waals surface area (Å²) in [5, 5.41) is 14.0. The molecule has 4 aromatic heterocycles. The molecule has 84 heavy (non-hydrogen) atoms. The Labute approximate surface area is 525 Å². The van der Waals surface area contributed by atoms with Crippen LogP contribution in [0.5, 0.6) is 0 Å². The van der Waals surface area contributed by atoms with Crippen LogP contribution in [0.3, 0.4) is 0 Å². The summed E-state index contributed by atoms with van der Waals surface area (Å²) in [5.41, 5.74) is 18.5. The summed E-state index contributed by atoms with van der Waals surface area (Å²) < 4.78 is 4.71. The van der Waals surface area contributed by atoms with Gasteiger partial charge in [0.05, 0.1) is 33.6 Å². The zero-order valence-corrected chi connectivity index (χ0v) is 54.4. The van der Waals surface area contributed by atoms with Crippen LogP contribution in [-0.4, -0.2) is 53.5 Å². The van der Waals surface area contributed by atoms with Crippen molar-refractivity contribution in [2.75, 3.05) is 14.2 Å². The molecule has 0 bridgehead atoms. The first kappa shape index (κ1) is 67.0. The smallest absolute Gasteiger partial charge is 0.145 e. The van der Waals surface area contributed by atoms with E-state index < -0.39 is 0 Å². The van der Waals surface area contributed by atoms with Crippen molar-refractivity contribution in [1.82, 2.24) is 29.1 Å². The molecule has 12 aromatic rings. The van der Waals surface area contributed by atoms with Crippen LogP contribution in [0.1, 0.15) is 101 Å². The maximum atomic E-state index is 7.00. The van der Waals surface area contributed by atoms with E-state index in [0.717, 1.165) is 81.6 Å². The number of imidazole rings is 2. The van der Waals surface area contributed by atoms with Gasteiger partial charge in [-0.15, -0.1) is 108 Å². The molecule has 0 fully saturated rings. The Bertz CT molecular complexity index is 3420. The number of fused-ring (bicyclic) bond motifs is 2. The Morgan fingerprint density at radius 1 is 0.333 bits per heavy atom. The monoisotopic (exact) mass is 1470 g/mol. The van der Waals surface area contributed by atoms with Crippen LogP contribution < -0.4 is 0 Å². The standard InChI is InChI=1S/C25H26N2.C25H25N2.2C11H8N.2CH4O.2Ir/c2*1-17(2)20-13-10-14-21(18(3)4)24(20)27-23-16-9-8-15-22(23)26-25(27)19-11-6-5-7-12-19;2*1-2-6-10(7-3-1)11-8-4-5-9-12-11;2*1-2;;/h5-18H,1-4H3;5-11,13-18H,1-4H3;2*1-6,8-9H;2*2H,1H3;;/q;3*-1;;;;. The third kappa shape index (κ3) is 16.7. The minimum Gasteiger partial charge on any atom is -0.400 e. The zero-order chi connectivity index (χ0) is 58.4. The number of rotatable bonds is 10. The molecule has 8 nitrogen and oxygen atoms in total. The number of para-hydroxylation sites is 6. The largest absolute Gasteiger partial charge is 0.400 e. The van der Waals surface area contributed by atoms with Gasteiger partial charge >= 0.3 is 0 Å². The van der Waals surface area contributed by atoms with E-state index in [9.17, 15) is 0 Å². The maximum absolute atomic E-state index is 7.00. The minimum absolute atomic E-state index is 0. The van der Waals surface area contributed by atoms with Crippen LogP contribution in [0.15, 0.2) is 237 Å². The Morgan fingerprint density at radius 3 is 1.02 bits per heavy atom. The normalized spacial score (nSPS) is 10.4. The second kappa shape index (κ2) is 34.1. The van der Waals surface area contributed by atoms with E-state index in [1.807, 2.05) is 103 Å². The number of hydrogen-bond donors (Lipinski definition) is 2. The Kier molecular flexibility index (Phi) is 27.2. The molecule has 0 saturated heterocycles. The van der Waals surface area contributed by atoms with E-state index in [0.29, 0.717) is 23.7 Å². The summed E-state index contributed by atoms with van der Waals surface area (Å²) in [6, 6.07) is 85.8. The van der Waals surface area contributed by atoms with E-state index in [1.165, 1.54) is 33.6 Å². The quantitative estimate of drug-likeness (QED) is 0.132. The Balaban J connectivity index is 0.000000211. The van der Waals surface area contributed by atoms with E-state index >= 15 is 0 Å². The molecular weight excluding hydrogens is 1390 g/mol. The SMILES string of the molecule is CC(C)c1cccc(C(C)C)c1-n1c(-c2[c-]cccc2)nc2ccccc21.CC(C)c1cccc(C(C)C)c1-n1c(-c2ccccc2)nc2ccccc21.CO.CO.[Ir].[Ir].[c-]1ccccc1-c1ccccn1.[c-]1ccccc1-c1ccccn1. The van der Waals surface area contributed by atoms with Gasteiger partial charge in [-0.05, 0) is 93.7 Å². The fourth-order valence-corrected chi connectivity index (χ4v) is 9.69. The van der Waals surface area contributed by atoms with Crippen LogP contribution in [-0.2, 0) is 40.2 Å². The summed E-state index contributed by atoms with van der Waals surface area (Å²) >= 11 is 0. The molecule has 0 aliphatic rings. The van der Waals surface area contributed by atoms with Gasteiger partial charge in [0.25, 0.3) is 0 Å². The van der Waals surface area contributed by atoms with Gasteiger partial charge < -0.3 is 24.7 Å². The van der Waals surface area contributed by atoms with Crippen molar-refractivity contribution in [3.63, 3.8) is 0 Å².